The number of para-hydroxylation sites is 1. The molecule has 1 unspecified atom stereocenters. The van der Waals surface area contributed by atoms with Crippen LogP contribution in [0.3, 0.4) is 0 Å². The largest absolute Gasteiger partial charge is 0.328 e. The fourth-order valence-corrected chi connectivity index (χ4v) is 3.79. The van der Waals surface area contributed by atoms with Gasteiger partial charge < -0.3 is 10.2 Å². The zero-order valence-corrected chi connectivity index (χ0v) is 16.8. The molecule has 6 amide bonds. The number of benzene rings is 2. The van der Waals surface area contributed by atoms with Crippen molar-refractivity contribution in [2.24, 2.45) is 0 Å². The number of hydrogen-bond acceptors (Lipinski definition) is 5. The van der Waals surface area contributed by atoms with E-state index < -0.39 is 29.8 Å². The second-order valence-corrected chi connectivity index (χ2v) is 7.40. The highest BCUT2D eigenvalue weighted by atomic mass is 16.2. The summed E-state index contributed by atoms with van der Waals surface area (Å²) in [6.45, 7) is 0.154. The van der Waals surface area contributed by atoms with Crippen molar-refractivity contribution in [3.63, 3.8) is 0 Å². The summed E-state index contributed by atoms with van der Waals surface area (Å²) in [4.78, 5) is 64.6. The lowest BCUT2D eigenvalue weighted by molar-refractivity contribution is -0.136. The van der Waals surface area contributed by atoms with Crippen molar-refractivity contribution >= 4 is 35.3 Å². The molecule has 158 valence electrons. The Morgan fingerprint density at radius 2 is 1.81 bits per heavy atom. The van der Waals surface area contributed by atoms with Crippen molar-refractivity contribution in [3.8, 4) is 0 Å². The number of nitrogens with zero attached hydrogens (tertiary/aromatic N) is 2. The number of urea groups is 1. The van der Waals surface area contributed by atoms with E-state index in [9.17, 15) is 24.0 Å². The Kier molecular flexibility index (Phi) is 5.24. The van der Waals surface area contributed by atoms with Gasteiger partial charge in [-0.25, -0.2) is 4.79 Å². The first kappa shape index (κ1) is 20.3. The van der Waals surface area contributed by atoms with Crippen molar-refractivity contribution < 1.29 is 24.0 Å². The average molecular weight is 420 g/mol. The Morgan fingerprint density at radius 3 is 2.52 bits per heavy atom. The second kappa shape index (κ2) is 8.02. The molecule has 0 bridgehead atoms. The normalized spacial score (nSPS) is 17.8. The average Bonchev–Trinajstić information content (AvgIpc) is 3.10. The Bertz CT molecular complexity index is 1100. The van der Waals surface area contributed by atoms with Crippen molar-refractivity contribution in [1.29, 1.82) is 0 Å². The maximum absolute atomic E-state index is 13.1. The van der Waals surface area contributed by atoms with Crippen LogP contribution in [-0.4, -0.2) is 52.5 Å². The quantitative estimate of drug-likeness (QED) is 0.734. The van der Waals surface area contributed by atoms with Crippen molar-refractivity contribution in [2.75, 3.05) is 12.4 Å². The Balaban J connectivity index is 1.56. The molecule has 0 radical (unpaired) electrons. The van der Waals surface area contributed by atoms with Crippen LogP contribution in [0.15, 0.2) is 48.5 Å². The molecule has 2 aromatic carbocycles. The topological polar surface area (TPSA) is 116 Å². The van der Waals surface area contributed by atoms with Crippen LogP contribution in [-0.2, 0) is 16.1 Å². The fraction of sp³-hybridized carbons (Fsp3) is 0.227. The SMILES string of the molecule is CN(C(=O)Nc1ccccc1)C(=O)c1cccc2c1C(=O)N(C1CCC(=O)NC1=O)C2. The van der Waals surface area contributed by atoms with Crippen LogP contribution in [0.1, 0.15) is 39.1 Å². The molecule has 9 nitrogen and oxygen atoms in total. The molecule has 1 fully saturated rings. The van der Waals surface area contributed by atoms with E-state index in [1.54, 1.807) is 42.5 Å². The van der Waals surface area contributed by atoms with Gasteiger partial charge in [0.1, 0.15) is 6.04 Å². The number of piperidine rings is 1. The summed E-state index contributed by atoms with van der Waals surface area (Å²) in [6, 6.07) is 12.1. The third kappa shape index (κ3) is 3.77. The molecule has 9 heteroatoms. The molecule has 2 N–H and O–H groups in total. The summed E-state index contributed by atoms with van der Waals surface area (Å²) in [7, 11) is 1.33. The Labute approximate surface area is 178 Å². The summed E-state index contributed by atoms with van der Waals surface area (Å²) in [5.74, 6) is -1.99. The zero-order valence-electron chi connectivity index (χ0n) is 16.8. The molecule has 2 aliphatic heterocycles. The number of anilines is 1. The molecule has 2 aromatic rings. The minimum absolute atomic E-state index is 0.0861. The minimum atomic E-state index is -0.778. The highest BCUT2D eigenvalue weighted by Crippen LogP contribution is 2.30. The van der Waals surface area contributed by atoms with Crippen LogP contribution in [0, 0.1) is 0 Å². The maximum atomic E-state index is 13.1. The number of carbonyl (C=O) groups excluding carboxylic acids is 5. The summed E-state index contributed by atoms with van der Waals surface area (Å²) in [5, 5.41) is 4.88. The van der Waals surface area contributed by atoms with E-state index in [2.05, 4.69) is 10.6 Å². The van der Waals surface area contributed by atoms with Gasteiger partial charge in [0.2, 0.25) is 11.8 Å². The molecule has 0 aromatic heterocycles. The van der Waals surface area contributed by atoms with Crippen molar-refractivity contribution in [2.45, 2.75) is 25.4 Å². The lowest BCUT2D eigenvalue weighted by atomic mass is 10.0. The molecule has 0 saturated carbocycles. The molecule has 31 heavy (non-hydrogen) atoms. The van der Waals surface area contributed by atoms with Gasteiger partial charge in [-0.05, 0) is 30.2 Å². The summed E-state index contributed by atoms with van der Waals surface area (Å²) in [5.41, 5.74) is 1.39. The van der Waals surface area contributed by atoms with Gasteiger partial charge in [-0.3, -0.25) is 29.4 Å². The monoisotopic (exact) mass is 420 g/mol. The first-order valence-corrected chi connectivity index (χ1v) is 9.77. The first-order valence-electron chi connectivity index (χ1n) is 9.77. The molecule has 2 aliphatic rings. The van der Waals surface area contributed by atoms with E-state index in [0.717, 1.165) is 4.90 Å². The molecule has 0 aliphatic carbocycles. The third-order valence-electron chi connectivity index (χ3n) is 5.42. The third-order valence-corrected chi connectivity index (χ3v) is 5.42. The van der Waals surface area contributed by atoms with Crippen molar-refractivity contribution in [1.82, 2.24) is 15.1 Å². The number of imide groups is 2. The molecule has 1 saturated heterocycles. The predicted octanol–water partition coefficient (Wildman–Crippen LogP) is 1.75. The van der Waals surface area contributed by atoms with Gasteiger partial charge in [0.25, 0.3) is 11.8 Å². The fourth-order valence-electron chi connectivity index (χ4n) is 3.79. The molecule has 0 spiro atoms. The van der Waals surface area contributed by atoms with Gasteiger partial charge in [-0.1, -0.05) is 30.3 Å². The highest BCUT2D eigenvalue weighted by Gasteiger charge is 2.41. The van der Waals surface area contributed by atoms with E-state index in [0.29, 0.717) is 11.3 Å². The smallest absolute Gasteiger partial charge is 0.322 e. The standard InChI is InChI=1S/C22H20N4O5/c1-25(22(31)23-14-7-3-2-4-8-14)20(29)15-9-5-6-13-12-26(21(30)18(13)15)16-10-11-17(27)24-19(16)28/h2-9,16H,10-12H2,1H3,(H,23,31)(H,24,27,28). The van der Waals surface area contributed by atoms with Crippen molar-refractivity contribution in [3.05, 3.63) is 65.2 Å². The van der Waals surface area contributed by atoms with Gasteiger partial charge >= 0.3 is 6.03 Å². The number of carbonyl (C=O) groups is 5. The summed E-state index contributed by atoms with van der Waals surface area (Å²) < 4.78 is 0. The van der Waals surface area contributed by atoms with Crippen LogP contribution in [0.2, 0.25) is 0 Å². The highest BCUT2D eigenvalue weighted by molar-refractivity contribution is 6.15. The maximum Gasteiger partial charge on any atom is 0.328 e. The van der Waals surface area contributed by atoms with Gasteiger partial charge in [0.05, 0.1) is 11.1 Å². The van der Waals surface area contributed by atoms with E-state index in [-0.39, 0.29) is 36.4 Å². The Hall–Kier alpha value is -4.01. The Morgan fingerprint density at radius 1 is 1.06 bits per heavy atom. The van der Waals surface area contributed by atoms with Gasteiger partial charge in [-0.2, -0.15) is 0 Å². The summed E-state index contributed by atoms with van der Waals surface area (Å²) in [6.07, 6.45) is 0.373. The number of rotatable bonds is 3. The van der Waals surface area contributed by atoms with Gasteiger partial charge in [0, 0.05) is 25.7 Å². The molecular formula is C22H20N4O5. The molecular weight excluding hydrogens is 400 g/mol. The molecule has 2 heterocycles. The lowest BCUT2D eigenvalue weighted by Gasteiger charge is -2.29. The predicted molar refractivity (Wildman–Crippen MR) is 110 cm³/mol. The zero-order chi connectivity index (χ0) is 22.1. The second-order valence-electron chi connectivity index (χ2n) is 7.40. The van der Waals surface area contributed by atoms with E-state index in [1.165, 1.54) is 18.0 Å². The lowest BCUT2D eigenvalue weighted by Crippen LogP contribution is -2.52. The number of hydrogen-bond donors (Lipinski definition) is 2. The minimum Gasteiger partial charge on any atom is -0.322 e. The van der Waals surface area contributed by atoms with Crippen LogP contribution in [0.4, 0.5) is 10.5 Å². The molecule has 1 atom stereocenters. The van der Waals surface area contributed by atoms with Gasteiger partial charge in [-0.15, -0.1) is 0 Å². The molecule has 4 rings (SSSR count). The number of fused-ring (bicyclic) bond motifs is 1. The van der Waals surface area contributed by atoms with E-state index in [4.69, 9.17) is 0 Å². The van der Waals surface area contributed by atoms with Crippen LogP contribution >= 0.6 is 0 Å². The number of nitrogens with one attached hydrogen (secondary N) is 2. The number of amides is 6. The van der Waals surface area contributed by atoms with Crippen LogP contribution in [0.25, 0.3) is 0 Å². The van der Waals surface area contributed by atoms with Crippen LogP contribution < -0.4 is 10.6 Å². The van der Waals surface area contributed by atoms with Crippen LogP contribution in [0.5, 0.6) is 0 Å². The summed E-state index contributed by atoms with van der Waals surface area (Å²) >= 11 is 0. The van der Waals surface area contributed by atoms with Gasteiger partial charge in [0.15, 0.2) is 0 Å². The van der Waals surface area contributed by atoms with E-state index >= 15 is 0 Å². The first-order chi connectivity index (χ1) is 14.9. The van der Waals surface area contributed by atoms with E-state index in [1.807, 2.05) is 0 Å².